The largest absolute Gasteiger partial charge is 0.472 e. The number of phosphoric acid groups is 2. The molecule has 0 aliphatic carbocycles. The maximum Gasteiger partial charge on any atom is 0.472 e. The first-order valence-electron chi connectivity index (χ1n) is 38.1. The Morgan fingerprint density at radius 2 is 0.520 bits per heavy atom. The fourth-order valence-corrected chi connectivity index (χ4v) is 11.1. The molecule has 19 heteroatoms. The number of aliphatic hydroxyl groups is 1. The second-order valence-electron chi connectivity index (χ2n) is 24.8. The quantitative estimate of drug-likeness (QED) is 0.0169. The molecule has 0 rings (SSSR count). The third-order valence-electron chi connectivity index (χ3n) is 15.3. The fourth-order valence-electron chi connectivity index (χ4n) is 9.50. The molecule has 0 amide bonds. The van der Waals surface area contributed by atoms with E-state index < -0.39 is 97.5 Å². The molecule has 0 saturated carbocycles. The molecule has 4 unspecified atom stereocenters. The van der Waals surface area contributed by atoms with Crippen molar-refractivity contribution in [2.75, 3.05) is 39.6 Å². The highest BCUT2D eigenvalue weighted by Gasteiger charge is 2.30. The summed E-state index contributed by atoms with van der Waals surface area (Å²) in [5.74, 6) is -2.31. The van der Waals surface area contributed by atoms with E-state index in [1.165, 1.54) is 38.5 Å². The first-order chi connectivity index (χ1) is 48.7. The van der Waals surface area contributed by atoms with Gasteiger partial charge in [0.1, 0.15) is 19.3 Å². The summed E-state index contributed by atoms with van der Waals surface area (Å²) in [6, 6.07) is 0. The van der Waals surface area contributed by atoms with E-state index in [9.17, 15) is 43.2 Å². The molecule has 0 radical (unpaired) electrons. The molecular formula is C81H134O17P2. The third-order valence-corrected chi connectivity index (χ3v) is 17.2. The van der Waals surface area contributed by atoms with E-state index in [0.29, 0.717) is 25.7 Å². The summed E-state index contributed by atoms with van der Waals surface area (Å²) in [5, 5.41) is 10.6. The van der Waals surface area contributed by atoms with E-state index in [0.717, 1.165) is 167 Å². The van der Waals surface area contributed by atoms with Gasteiger partial charge in [-0.25, -0.2) is 9.13 Å². The molecule has 0 saturated heterocycles. The Kier molecular flexibility index (Phi) is 68.6. The van der Waals surface area contributed by atoms with Gasteiger partial charge in [-0.05, 0) is 167 Å². The molecule has 0 aromatic rings. The van der Waals surface area contributed by atoms with E-state index >= 15 is 0 Å². The summed E-state index contributed by atoms with van der Waals surface area (Å²) in [4.78, 5) is 72.9. The van der Waals surface area contributed by atoms with E-state index in [1.807, 2.05) is 0 Å². The monoisotopic (exact) mass is 1440 g/mol. The molecular weight excluding hydrogens is 1310 g/mol. The molecule has 570 valence electrons. The van der Waals surface area contributed by atoms with Crippen LogP contribution < -0.4 is 0 Å². The number of hydrogen-bond donors (Lipinski definition) is 3. The Bertz CT molecular complexity index is 2300. The SMILES string of the molecule is CC/C=C\C/C=C\C/C=C\C/C=C\CCCCC(=O)OCC(COP(=O)(O)OCC(O)COP(=O)(O)OCC(COC(=O)CCCC/C=C\C/C=C\C/C=C\C/C=C\CC)OC(=O)CCCCCCC/C=C\C/C=C\CCCCC)OC(=O)CCCCCCC/C=C\C/C=C\CCCCC. The van der Waals surface area contributed by atoms with Crippen molar-refractivity contribution in [3.8, 4) is 0 Å². The summed E-state index contributed by atoms with van der Waals surface area (Å²) >= 11 is 0. The van der Waals surface area contributed by atoms with Crippen molar-refractivity contribution in [1.82, 2.24) is 0 Å². The fraction of sp³-hybridized carbons (Fsp3) is 0.654. The van der Waals surface area contributed by atoms with Crippen molar-refractivity contribution in [3.63, 3.8) is 0 Å². The number of carbonyl (C=O) groups is 4. The average molecular weight is 1440 g/mol. The zero-order valence-corrected chi connectivity index (χ0v) is 63.9. The van der Waals surface area contributed by atoms with Crippen LogP contribution in [0.5, 0.6) is 0 Å². The zero-order chi connectivity index (χ0) is 73.2. The number of unbranched alkanes of at least 4 members (excludes halogenated alkanes) is 20. The van der Waals surface area contributed by atoms with Gasteiger partial charge in [-0.1, -0.05) is 238 Å². The lowest BCUT2D eigenvalue weighted by Crippen LogP contribution is -2.30. The van der Waals surface area contributed by atoms with Gasteiger partial charge in [0.25, 0.3) is 0 Å². The maximum atomic E-state index is 13.1. The van der Waals surface area contributed by atoms with Crippen LogP contribution in [0.15, 0.2) is 146 Å². The smallest absolute Gasteiger partial charge is 0.462 e. The lowest BCUT2D eigenvalue weighted by atomic mass is 10.1. The molecule has 3 N–H and O–H groups in total. The standard InChI is InChI=1S/C81H134O17P2/c1-5-9-13-17-21-25-29-33-37-41-45-49-53-57-61-65-78(83)91-71-76(97-80(85)67-63-59-55-51-47-43-39-35-31-27-23-19-15-11-7-3)73-95-99(87,88)93-69-75(82)70-94-100(89,90)96-74-77(98-81(86)68-64-60-56-52-48-44-40-36-32-28-24-20-16-12-8-4)72-92-79(84)66-62-58-54-50-46-42-38-34-30-26-22-18-14-10-6-2/h9-10,13-14,21-28,33-40,45-46,49-50,75-77,82H,5-8,11-12,15-20,29-32,41-44,47-48,51-74H2,1-4H3,(H,87,88)(H,89,90)/b13-9-,14-10-,25-21-,26-22-,27-23-,28-24-,37-33-,38-34-,39-35-,40-36-,49-45-,50-46-. The highest BCUT2D eigenvalue weighted by atomic mass is 31.2. The minimum Gasteiger partial charge on any atom is -0.462 e. The van der Waals surface area contributed by atoms with Crippen molar-refractivity contribution in [2.24, 2.45) is 0 Å². The van der Waals surface area contributed by atoms with Gasteiger partial charge < -0.3 is 33.8 Å². The Labute approximate surface area is 605 Å². The minimum absolute atomic E-state index is 0.0645. The first kappa shape index (κ1) is 94.9. The van der Waals surface area contributed by atoms with Crippen LogP contribution in [0.3, 0.4) is 0 Å². The van der Waals surface area contributed by atoms with Gasteiger partial charge in [0.15, 0.2) is 12.2 Å². The second-order valence-corrected chi connectivity index (χ2v) is 27.7. The minimum atomic E-state index is -5.00. The summed E-state index contributed by atoms with van der Waals surface area (Å²) < 4.78 is 68.4. The van der Waals surface area contributed by atoms with Gasteiger partial charge in [0, 0.05) is 25.7 Å². The van der Waals surface area contributed by atoms with Gasteiger partial charge in [0.2, 0.25) is 0 Å². The Hall–Kier alpha value is -5.06. The molecule has 0 fully saturated rings. The van der Waals surface area contributed by atoms with Crippen molar-refractivity contribution >= 4 is 39.5 Å². The Morgan fingerprint density at radius 3 is 0.820 bits per heavy atom. The van der Waals surface area contributed by atoms with Crippen molar-refractivity contribution < 1.29 is 80.2 Å². The van der Waals surface area contributed by atoms with E-state index in [-0.39, 0.29) is 25.7 Å². The highest BCUT2D eigenvalue weighted by molar-refractivity contribution is 7.47. The molecule has 0 aliphatic heterocycles. The van der Waals surface area contributed by atoms with Gasteiger partial charge in [-0.2, -0.15) is 0 Å². The molecule has 17 nitrogen and oxygen atoms in total. The van der Waals surface area contributed by atoms with Crippen LogP contribution in [0.1, 0.15) is 285 Å². The van der Waals surface area contributed by atoms with Crippen LogP contribution in [0.25, 0.3) is 0 Å². The summed E-state index contributed by atoms with van der Waals surface area (Å²) in [7, 11) is -9.99. The average Bonchev–Trinajstić information content (AvgIpc) is 1.01. The molecule has 0 aliphatic rings. The van der Waals surface area contributed by atoms with Crippen LogP contribution >= 0.6 is 15.6 Å². The zero-order valence-electron chi connectivity index (χ0n) is 62.1. The lowest BCUT2D eigenvalue weighted by Gasteiger charge is -2.21. The highest BCUT2D eigenvalue weighted by Crippen LogP contribution is 2.45. The number of esters is 4. The van der Waals surface area contributed by atoms with Gasteiger partial charge in [0.05, 0.1) is 26.4 Å². The van der Waals surface area contributed by atoms with Gasteiger partial charge in [-0.3, -0.25) is 37.3 Å². The lowest BCUT2D eigenvalue weighted by molar-refractivity contribution is -0.161. The number of ether oxygens (including phenoxy) is 4. The normalized spacial score (nSPS) is 14.8. The Balaban J connectivity index is 5.46. The van der Waals surface area contributed by atoms with Gasteiger partial charge in [-0.15, -0.1) is 0 Å². The summed E-state index contributed by atoms with van der Waals surface area (Å²) in [6.45, 7) is 4.45. The Morgan fingerprint density at radius 1 is 0.290 bits per heavy atom. The van der Waals surface area contributed by atoms with Crippen molar-refractivity contribution in [1.29, 1.82) is 0 Å². The summed E-state index contributed by atoms with van der Waals surface area (Å²) in [6.07, 6.45) is 81.3. The molecule has 0 aromatic carbocycles. The topological polar surface area (TPSA) is 237 Å². The third kappa shape index (κ3) is 71.3. The van der Waals surface area contributed by atoms with Crippen molar-refractivity contribution in [3.05, 3.63) is 146 Å². The molecule has 100 heavy (non-hydrogen) atoms. The van der Waals surface area contributed by atoms with Crippen molar-refractivity contribution in [2.45, 2.75) is 303 Å². The predicted octanol–water partition coefficient (Wildman–Crippen LogP) is 21.9. The number of hydrogen-bond acceptors (Lipinski definition) is 15. The van der Waals surface area contributed by atoms with Gasteiger partial charge >= 0.3 is 39.5 Å². The molecule has 0 heterocycles. The van der Waals surface area contributed by atoms with E-state index in [4.69, 9.17) is 37.0 Å². The summed E-state index contributed by atoms with van der Waals surface area (Å²) in [5.41, 5.74) is 0. The van der Waals surface area contributed by atoms with E-state index in [2.05, 4.69) is 174 Å². The number of phosphoric ester groups is 2. The molecule has 4 atom stereocenters. The number of rotatable bonds is 70. The second kappa shape index (κ2) is 72.3. The number of carbonyl (C=O) groups excluding carboxylic acids is 4. The molecule has 0 spiro atoms. The van der Waals surface area contributed by atoms with Crippen LogP contribution in [0, 0.1) is 0 Å². The van der Waals surface area contributed by atoms with Crippen LogP contribution in [-0.2, 0) is 65.4 Å². The number of aliphatic hydroxyl groups excluding tert-OH is 1. The predicted molar refractivity (Wildman–Crippen MR) is 408 cm³/mol. The van der Waals surface area contributed by atoms with Crippen LogP contribution in [0.4, 0.5) is 0 Å². The molecule has 0 bridgehead atoms. The van der Waals surface area contributed by atoms with Crippen LogP contribution in [-0.4, -0.2) is 96.7 Å². The maximum absolute atomic E-state index is 13.1. The first-order valence-corrected chi connectivity index (χ1v) is 41.1. The van der Waals surface area contributed by atoms with Crippen LogP contribution in [0.2, 0.25) is 0 Å². The van der Waals surface area contributed by atoms with E-state index in [1.54, 1.807) is 0 Å². The molecule has 0 aromatic heterocycles. The number of allylic oxidation sites excluding steroid dienone is 24.